The van der Waals surface area contributed by atoms with Gasteiger partial charge in [-0.3, -0.25) is 14.3 Å². The van der Waals surface area contributed by atoms with Crippen LogP contribution < -0.4 is 5.32 Å². The molecule has 30 heavy (non-hydrogen) atoms. The number of ether oxygens (including phenoxy) is 1. The first-order chi connectivity index (χ1) is 14.4. The van der Waals surface area contributed by atoms with Crippen LogP contribution in [-0.4, -0.2) is 48.2 Å². The standard InChI is InChI=1S/C23H29FN4O2/c1-4-30-15-18-8-10-27(11-9-18)14-22(29)26-23-21(13-25)16(2)17(3)28(23)20-7-5-6-19(24)12-20/h5-7,12,18H,4,8-11,14-15H2,1-3H3,(H,26,29). The van der Waals surface area contributed by atoms with E-state index in [0.29, 0.717) is 23.0 Å². The second-order valence-electron chi connectivity index (χ2n) is 7.79. The molecule has 1 aromatic carbocycles. The summed E-state index contributed by atoms with van der Waals surface area (Å²) in [4.78, 5) is 14.9. The zero-order valence-electron chi connectivity index (χ0n) is 17.9. The molecule has 2 heterocycles. The van der Waals surface area contributed by atoms with Crippen LogP contribution in [0.15, 0.2) is 24.3 Å². The summed E-state index contributed by atoms with van der Waals surface area (Å²) in [5, 5.41) is 12.6. The molecule has 1 aliphatic heterocycles. The molecule has 0 bridgehead atoms. The van der Waals surface area contributed by atoms with Gasteiger partial charge in [-0.15, -0.1) is 0 Å². The first-order valence-corrected chi connectivity index (χ1v) is 10.4. The summed E-state index contributed by atoms with van der Waals surface area (Å²) in [6, 6.07) is 8.33. The normalized spacial score (nSPS) is 15.2. The van der Waals surface area contributed by atoms with E-state index in [1.54, 1.807) is 16.7 Å². The van der Waals surface area contributed by atoms with Crippen molar-refractivity contribution >= 4 is 11.7 Å². The number of hydrogen-bond acceptors (Lipinski definition) is 4. The molecule has 3 rings (SSSR count). The summed E-state index contributed by atoms with van der Waals surface area (Å²) in [5.41, 5.74) is 2.54. The van der Waals surface area contributed by atoms with Gasteiger partial charge >= 0.3 is 0 Å². The van der Waals surface area contributed by atoms with Gasteiger partial charge in [0.1, 0.15) is 17.7 Å². The molecule has 160 valence electrons. The Morgan fingerprint density at radius 2 is 2.07 bits per heavy atom. The lowest BCUT2D eigenvalue weighted by Gasteiger charge is -2.31. The number of carbonyl (C=O) groups is 1. The van der Waals surface area contributed by atoms with E-state index in [-0.39, 0.29) is 18.3 Å². The molecular weight excluding hydrogens is 383 g/mol. The third-order valence-corrected chi connectivity index (χ3v) is 5.78. The minimum atomic E-state index is -0.371. The number of nitrogens with zero attached hydrogens (tertiary/aromatic N) is 3. The summed E-state index contributed by atoms with van der Waals surface area (Å²) in [6.45, 7) is 9.16. The van der Waals surface area contributed by atoms with Crippen LogP contribution in [0.25, 0.3) is 5.69 Å². The first kappa shape index (κ1) is 22.0. The number of nitrogens with one attached hydrogen (secondary N) is 1. The summed E-state index contributed by atoms with van der Waals surface area (Å²) in [5.74, 6) is 0.396. The number of nitriles is 1. The molecule has 1 aliphatic rings. The van der Waals surface area contributed by atoms with Crippen molar-refractivity contribution in [1.82, 2.24) is 9.47 Å². The number of aromatic nitrogens is 1. The van der Waals surface area contributed by atoms with E-state index in [2.05, 4.69) is 16.3 Å². The molecule has 0 spiro atoms. The summed E-state index contributed by atoms with van der Waals surface area (Å²) in [7, 11) is 0. The second-order valence-corrected chi connectivity index (χ2v) is 7.79. The Kier molecular flexibility index (Phi) is 7.24. The van der Waals surface area contributed by atoms with Crippen molar-refractivity contribution in [3.63, 3.8) is 0 Å². The fraction of sp³-hybridized carbons (Fsp3) is 0.478. The summed E-state index contributed by atoms with van der Waals surface area (Å²) in [6.07, 6.45) is 2.02. The van der Waals surface area contributed by atoms with E-state index in [1.807, 2.05) is 20.8 Å². The SMILES string of the molecule is CCOCC1CCN(CC(=O)Nc2c(C#N)c(C)c(C)n2-c2cccc(F)c2)CC1. The minimum Gasteiger partial charge on any atom is -0.381 e. The van der Waals surface area contributed by atoms with Gasteiger partial charge in [-0.05, 0) is 76.4 Å². The van der Waals surface area contributed by atoms with Crippen molar-refractivity contribution in [1.29, 1.82) is 5.26 Å². The van der Waals surface area contributed by atoms with Crippen molar-refractivity contribution in [3.05, 3.63) is 46.9 Å². The van der Waals surface area contributed by atoms with Gasteiger partial charge in [0.2, 0.25) is 5.91 Å². The lowest BCUT2D eigenvalue weighted by molar-refractivity contribution is -0.117. The quantitative estimate of drug-likeness (QED) is 0.751. The van der Waals surface area contributed by atoms with E-state index in [4.69, 9.17) is 4.74 Å². The molecule has 1 N–H and O–H groups in total. The molecule has 1 fully saturated rings. The van der Waals surface area contributed by atoms with Gasteiger partial charge in [0.25, 0.3) is 0 Å². The number of benzene rings is 1. The lowest BCUT2D eigenvalue weighted by atomic mass is 9.98. The van der Waals surface area contributed by atoms with Crippen molar-refractivity contribution < 1.29 is 13.9 Å². The van der Waals surface area contributed by atoms with Gasteiger partial charge in [-0.25, -0.2) is 4.39 Å². The van der Waals surface area contributed by atoms with Crippen LogP contribution in [0.1, 0.15) is 36.6 Å². The van der Waals surface area contributed by atoms with Crippen molar-refractivity contribution in [3.8, 4) is 11.8 Å². The zero-order valence-corrected chi connectivity index (χ0v) is 17.9. The number of rotatable bonds is 7. The maximum Gasteiger partial charge on any atom is 0.239 e. The molecule has 0 aliphatic carbocycles. The van der Waals surface area contributed by atoms with Crippen LogP contribution in [0.2, 0.25) is 0 Å². The fourth-order valence-electron chi connectivity index (χ4n) is 3.97. The topological polar surface area (TPSA) is 70.3 Å². The molecule has 1 amide bonds. The van der Waals surface area contributed by atoms with Crippen molar-refractivity contribution in [2.24, 2.45) is 5.92 Å². The van der Waals surface area contributed by atoms with Gasteiger partial charge in [-0.1, -0.05) is 6.07 Å². The van der Waals surface area contributed by atoms with Crippen LogP contribution in [0, 0.1) is 36.9 Å². The number of amides is 1. The Labute approximate surface area is 177 Å². The molecule has 0 unspecified atom stereocenters. The number of piperidine rings is 1. The molecule has 6 nitrogen and oxygen atoms in total. The molecule has 0 radical (unpaired) electrons. The molecule has 0 saturated carbocycles. The Morgan fingerprint density at radius 1 is 1.33 bits per heavy atom. The van der Waals surface area contributed by atoms with Crippen LogP contribution in [-0.2, 0) is 9.53 Å². The molecule has 2 aromatic rings. The van der Waals surface area contributed by atoms with Crippen LogP contribution in [0.5, 0.6) is 0 Å². The van der Waals surface area contributed by atoms with Crippen LogP contribution in [0.4, 0.5) is 10.2 Å². The summed E-state index contributed by atoms with van der Waals surface area (Å²) >= 11 is 0. The van der Waals surface area contributed by atoms with Gasteiger partial charge in [0.15, 0.2) is 0 Å². The highest BCUT2D eigenvalue weighted by atomic mass is 19.1. The highest BCUT2D eigenvalue weighted by Crippen LogP contribution is 2.30. The number of likely N-dealkylation sites (tertiary alicyclic amines) is 1. The second kappa shape index (κ2) is 9.88. The Bertz CT molecular complexity index is 939. The van der Waals surface area contributed by atoms with Gasteiger partial charge in [0.05, 0.1) is 17.8 Å². The molecule has 1 aromatic heterocycles. The van der Waals surface area contributed by atoms with E-state index in [1.165, 1.54) is 12.1 Å². The van der Waals surface area contributed by atoms with Crippen molar-refractivity contribution in [2.45, 2.75) is 33.6 Å². The molecule has 7 heteroatoms. The maximum absolute atomic E-state index is 13.8. The van der Waals surface area contributed by atoms with E-state index in [0.717, 1.165) is 50.4 Å². The summed E-state index contributed by atoms with van der Waals surface area (Å²) < 4.78 is 21.1. The average molecular weight is 413 g/mol. The van der Waals surface area contributed by atoms with Gasteiger partial charge < -0.3 is 10.1 Å². The van der Waals surface area contributed by atoms with Gasteiger partial charge in [-0.2, -0.15) is 5.26 Å². The van der Waals surface area contributed by atoms with E-state index < -0.39 is 0 Å². The highest BCUT2D eigenvalue weighted by Gasteiger charge is 2.24. The Morgan fingerprint density at radius 3 is 2.70 bits per heavy atom. The third-order valence-electron chi connectivity index (χ3n) is 5.78. The van der Waals surface area contributed by atoms with Crippen LogP contribution >= 0.6 is 0 Å². The Balaban J connectivity index is 1.74. The Hall–Kier alpha value is -2.69. The molecular formula is C23H29FN4O2. The minimum absolute atomic E-state index is 0.176. The predicted molar refractivity (Wildman–Crippen MR) is 114 cm³/mol. The fourth-order valence-corrected chi connectivity index (χ4v) is 3.97. The number of anilines is 1. The largest absolute Gasteiger partial charge is 0.381 e. The lowest BCUT2D eigenvalue weighted by Crippen LogP contribution is -2.40. The van der Waals surface area contributed by atoms with Crippen molar-refractivity contribution in [2.75, 3.05) is 38.2 Å². The number of carbonyl (C=O) groups excluding carboxylic acids is 1. The van der Waals surface area contributed by atoms with E-state index >= 15 is 0 Å². The predicted octanol–water partition coefficient (Wildman–Crippen LogP) is 3.79. The van der Waals surface area contributed by atoms with Gasteiger partial charge in [0, 0.05) is 18.9 Å². The maximum atomic E-state index is 13.8. The smallest absolute Gasteiger partial charge is 0.239 e. The average Bonchev–Trinajstić information content (AvgIpc) is 2.96. The number of halogens is 1. The van der Waals surface area contributed by atoms with Crippen LogP contribution in [0.3, 0.4) is 0 Å². The molecule has 0 atom stereocenters. The van der Waals surface area contributed by atoms with E-state index in [9.17, 15) is 14.4 Å². The highest BCUT2D eigenvalue weighted by molar-refractivity contribution is 5.93. The molecule has 1 saturated heterocycles. The number of hydrogen-bond donors (Lipinski definition) is 1. The first-order valence-electron chi connectivity index (χ1n) is 10.4. The third kappa shape index (κ3) is 4.89. The zero-order chi connectivity index (χ0) is 21.7. The monoisotopic (exact) mass is 412 g/mol.